The van der Waals surface area contributed by atoms with E-state index in [2.05, 4.69) is 5.10 Å². The molecule has 1 atom stereocenters. The Morgan fingerprint density at radius 1 is 1.48 bits per heavy atom. The van der Waals surface area contributed by atoms with E-state index in [1.165, 1.54) is 6.92 Å². The third kappa shape index (κ3) is 2.73. The highest BCUT2D eigenvalue weighted by atomic mass is 35.5. The fraction of sp³-hybridized carbons (Fsp3) is 0.600. The molecule has 1 aromatic rings. The lowest BCUT2D eigenvalue weighted by Gasteiger charge is -2.23. The first-order valence-corrected chi connectivity index (χ1v) is 7.87. The van der Waals surface area contributed by atoms with E-state index in [1.54, 1.807) is 0 Å². The monoisotopic (exact) mass is 346 g/mol. The molecule has 0 saturated carbocycles. The van der Waals surface area contributed by atoms with Gasteiger partial charge in [-0.1, -0.05) is 11.6 Å². The van der Waals surface area contributed by atoms with Gasteiger partial charge < -0.3 is 5.11 Å². The normalized spacial score (nSPS) is 25.2. The third-order valence-corrected chi connectivity index (χ3v) is 5.54. The second-order valence-corrected chi connectivity index (χ2v) is 7.61. The molecule has 2 heterocycles. The maximum atomic E-state index is 12.8. The minimum absolute atomic E-state index is 0.00703. The van der Waals surface area contributed by atoms with Crippen molar-refractivity contribution in [2.24, 2.45) is 0 Å². The molecule has 1 fully saturated rings. The van der Waals surface area contributed by atoms with Crippen LogP contribution in [0.4, 0.5) is 13.2 Å². The Labute approximate surface area is 122 Å². The second kappa shape index (κ2) is 4.60. The molecule has 1 N–H and O–H groups in total. The highest BCUT2D eigenvalue weighted by molar-refractivity contribution is 7.91. The van der Waals surface area contributed by atoms with Gasteiger partial charge in [0.15, 0.2) is 15.5 Å². The van der Waals surface area contributed by atoms with E-state index in [-0.39, 0.29) is 12.2 Å². The molecule has 1 unspecified atom stereocenters. The van der Waals surface area contributed by atoms with Crippen molar-refractivity contribution in [1.29, 1.82) is 0 Å². The molecule has 0 aromatic carbocycles. The van der Waals surface area contributed by atoms with Gasteiger partial charge in [0, 0.05) is 0 Å². The van der Waals surface area contributed by atoms with Crippen molar-refractivity contribution in [3.05, 3.63) is 16.4 Å². The first kappa shape index (κ1) is 16.1. The van der Waals surface area contributed by atoms with E-state index in [4.69, 9.17) is 16.7 Å². The third-order valence-electron chi connectivity index (χ3n) is 3.31. The maximum Gasteiger partial charge on any atom is 0.436 e. The quantitative estimate of drug-likeness (QED) is 0.881. The van der Waals surface area contributed by atoms with Crippen LogP contribution >= 0.6 is 11.6 Å². The molecule has 1 saturated heterocycles. The molecule has 0 radical (unpaired) electrons. The average Bonchev–Trinajstić information content (AvgIpc) is 2.76. The number of carboxylic acids is 1. The van der Waals surface area contributed by atoms with Crippen molar-refractivity contribution in [2.45, 2.75) is 25.1 Å². The number of nitrogens with zero attached hydrogens (tertiary/aromatic N) is 2. The molecule has 0 amide bonds. The summed E-state index contributed by atoms with van der Waals surface area (Å²) < 4.78 is 62.3. The summed E-state index contributed by atoms with van der Waals surface area (Å²) in [5.74, 6) is -2.54. The Morgan fingerprint density at radius 2 is 2.05 bits per heavy atom. The average molecular weight is 347 g/mol. The lowest BCUT2D eigenvalue weighted by Crippen LogP contribution is -2.33. The van der Waals surface area contributed by atoms with Crippen molar-refractivity contribution in [2.75, 3.05) is 11.5 Å². The minimum Gasteiger partial charge on any atom is -0.478 e. The molecule has 0 aliphatic carbocycles. The van der Waals surface area contributed by atoms with Gasteiger partial charge in [0.05, 0.1) is 17.0 Å². The van der Waals surface area contributed by atoms with E-state index in [0.717, 1.165) is 0 Å². The van der Waals surface area contributed by atoms with Gasteiger partial charge in [0.2, 0.25) is 0 Å². The molecule has 0 bridgehead atoms. The number of alkyl halides is 3. The van der Waals surface area contributed by atoms with Crippen LogP contribution in [0.3, 0.4) is 0 Å². The van der Waals surface area contributed by atoms with Crippen molar-refractivity contribution in [3.8, 4) is 0 Å². The van der Waals surface area contributed by atoms with Gasteiger partial charge in [-0.25, -0.2) is 17.9 Å². The number of carboxylic acid groups (broad SMARTS) is 1. The highest BCUT2D eigenvalue weighted by Crippen LogP contribution is 2.39. The standard InChI is InChI=1S/C10H10ClF3N2O4S/c1-9(2-3-21(19,20)4-9)16-7(11)5(8(17)18)6(15-16)10(12,13)14/h2-4H2,1H3,(H,17,18). The molecule has 1 aliphatic heterocycles. The Kier molecular flexibility index (Phi) is 3.53. The van der Waals surface area contributed by atoms with Crippen LogP contribution in [0.2, 0.25) is 5.15 Å². The zero-order valence-electron chi connectivity index (χ0n) is 10.6. The first-order valence-electron chi connectivity index (χ1n) is 5.67. The molecular formula is C10H10ClF3N2O4S. The molecule has 0 spiro atoms. The van der Waals surface area contributed by atoms with Crippen molar-refractivity contribution >= 4 is 27.4 Å². The fourth-order valence-corrected chi connectivity index (χ4v) is 4.83. The Balaban J connectivity index is 2.65. The van der Waals surface area contributed by atoms with Crippen molar-refractivity contribution in [1.82, 2.24) is 9.78 Å². The second-order valence-electron chi connectivity index (χ2n) is 5.07. The Hall–Kier alpha value is -1.29. The van der Waals surface area contributed by atoms with Crippen LogP contribution in [0, 0.1) is 0 Å². The predicted molar refractivity (Wildman–Crippen MR) is 66.1 cm³/mol. The van der Waals surface area contributed by atoms with Gasteiger partial charge in [0.1, 0.15) is 10.7 Å². The van der Waals surface area contributed by atoms with Crippen LogP contribution in [0.1, 0.15) is 29.4 Å². The number of aromatic carboxylic acids is 1. The topological polar surface area (TPSA) is 89.3 Å². The van der Waals surface area contributed by atoms with Crippen LogP contribution < -0.4 is 0 Å². The van der Waals surface area contributed by atoms with Gasteiger partial charge in [-0.15, -0.1) is 0 Å². The predicted octanol–water partition coefficient (Wildman–Crippen LogP) is 1.79. The summed E-state index contributed by atoms with van der Waals surface area (Å²) in [5.41, 5.74) is -4.11. The first-order chi connectivity index (χ1) is 9.37. The smallest absolute Gasteiger partial charge is 0.436 e. The molecule has 6 nitrogen and oxygen atoms in total. The van der Waals surface area contributed by atoms with Crippen LogP contribution in [0.15, 0.2) is 0 Å². The summed E-state index contributed by atoms with van der Waals surface area (Å²) >= 11 is 5.72. The van der Waals surface area contributed by atoms with E-state index in [9.17, 15) is 26.4 Å². The van der Waals surface area contributed by atoms with Crippen molar-refractivity contribution < 1.29 is 31.5 Å². The van der Waals surface area contributed by atoms with Gasteiger partial charge in [-0.3, -0.25) is 0 Å². The van der Waals surface area contributed by atoms with Crippen LogP contribution in [-0.4, -0.2) is 40.8 Å². The molecule has 21 heavy (non-hydrogen) atoms. The summed E-state index contributed by atoms with van der Waals surface area (Å²) in [4.78, 5) is 11.0. The zero-order valence-corrected chi connectivity index (χ0v) is 12.2. The number of carbonyl (C=O) groups is 1. The summed E-state index contributed by atoms with van der Waals surface area (Å²) in [7, 11) is -3.43. The largest absolute Gasteiger partial charge is 0.478 e. The highest BCUT2D eigenvalue weighted by Gasteiger charge is 2.47. The Morgan fingerprint density at radius 3 is 2.38 bits per heavy atom. The number of aromatic nitrogens is 2. The summed E-state index contributed by atoms with van der Waals surface area (Å²) in [5, 5.41) is 11.4. The fourth-order valence-electron chi connectivity index (χ4n) is 2.30. The zero-order chi connectivity index (χ0) is 16.2. The van der Waals surface area contributed by atoms with E-state index >= 15 is 0 Å². The number of halogens is 4. The summed E-state index contributed by atoms with van der Waals surface area (Å²) in [6, 6.07) is 0. The van der Waals surface area contributed by atoms with Crippen LogP contribution in [0.5, 0.6) is 0 Å². The minimum atomic E-state index is -5.00. The Bertz CT molecular complexity index is 713. The maximum absolute atomic E-state index is 12.8. The molecule has 2 rings (SSSR count). The molecule has 1 aliphatic rings. The molecule has 1 aromatic heterocycles. The van der Waals surface area contributed by atoms with Gasteiger partial charge in [-0.2, -0.15) is 18.3 Å². The molecule has 118 valence electrons. The van der Waals surface area contributed by atoms with Crippen LogP contribution in [-0.2, 0) is 21.6 Å². The SMILES string of the molecule is CC1(n2nc(C(F)(F)F)c(C(=O)O)c2Cl)CCS(=O)(=O)C1. The van der Waals surface area contributed by atoms with E-state index in [1.807, 2.05) is 0 Å². The number of sulfone groups is 1. The molecular weight excluding hydrogens is 337 g/mol. The van der Waals surface area contributed by atoms with Gasteiger partial charge in [-0.05, 0) is 13.3 Å². The van der Waals surface area contributed by atoms with E-state index in [0.29, 0.717) is 4.68 Å². The number of hydrogen-bond acceptors (Lipinski definition) is 4. The summed E-state index contributed by atoms with van der Waals surface area (Å²) in [6.45, 7) is 1.38. The lowest BCUT2D eigenvalue weighted by atomic mass is 10.0. The van der Waals surface area contributed by atoms with Crippen molar-refractivity contribution in [3.63, 3.8) is 0 Å². The lowest BCUT2D eigenvalue weighted by molar-refractivity contribution is -0.142. The van der Waals surface area contributed by atoms with Gasteiger partial charge >= 0.3 is 12.1 Å². The number of hydrogen-bond donors (Lipinski definition) is 1. The van der Waals surface area contributed by atoms with Crippen LogP contribution in [0.25, 0.3) is 0 Å². The van der Waals surface area contributed by atoms with E-state index < -0.39 is 49.7 Å². The number of rotatable bonds is 2. The molecule has 11 heteroatoms. The summed E-state index contributed by atoms with van der Waals surface area (Å²) in [6.07, 6.45) is -5.00. The van der Waals surface area contributed by atoms with Gasteiger partial charge in [0.25, 0.3) is 0 Å².